The van der Waals surface area contributed by atoms with Gasteiger partial charge in [-0.25, -0.2) is 4.98 Å². The topological polar surface area (TPSA) is 94.3 Å². The summed E-state index contributed by atoms with van der Waals surface area (Å²) in [6, 6.07) is 15.1. The maximum absolute atomic E-state index is 11.8. The van der Waals surface area contributed by atoms with Crippen molar-refractivity contribution in [2.45, 2.75) is 26.1 Å². The van der Waals surface area contributed by atoms with Crippen LogP contribution in [-0.2, 0) is 40.3 Å². The van der Waals surface area contributed by atoms with Gasteiger partial charge in [-0.1, -0.05) is 18.2 Å². The maximum atomic E-state index is 11.8. The normalized spacial score (nSPS) is 13.2. The summed E-state index contributed by atoms with van der Waals surface area (Å²) in [5, 5.41) is 9.24. The van der Waals surface area contributed by atoms with Crippen LogP contribution in [0.25, 0.3) is 11.4 Å². The predicted molar refractivity (Wildman–Crippen MR) is 112 cm³/mol. The highest BCUT2D eigenvalue weighted by Crippen LogP contribution is 2.24. The fourth-order valence-electron chi connectivity index (χ4n) is 3.45. The van der Waals surface area contributed by atoms with Crippen molar-refractivity contribution in [1.82, 2.24) is 9.97 Å². The SMILES string of the molecule is COC(=O)Cc1ccc2cc1COCCc1cc(C#N)ccc1COc1ccnc-2n1. The summed E-state index contributed by atoms with van der Waals surface area (Å²) >= 11 is 0. The van der Waals surface area contributed by atoms with E-state index in [1.54, 1.807) is 18.3 Å². The number of ether oxygens (including phenoxy) is 3. The van der Waals surface area contributed by atoms with Gasteiger partial charge in [0.2, 0.25) is 5.88 Å². The number of esters is 1. The van der Waals surface area contributed by atoms with Gasteiger partial charge in [0.1, 0.15) is 6.61 Å². The Balaban J connectivity index is 1.71. The molecule has 1 aromatic heterocycles. The van der Waals surface area contributed by atoms with Gasteiger partial charge < -0.3 is 14.2 Å². The molecule has 31 heavy (non-hydrogen) atoms. The summed E-state index contributed by atoms with van der Waals surface area (Å²) in [6.45, 7) is 1.13. The van der Waals surface area contributed by atoms with Gasteiger partial charge in [-0.3, -0.25) is 4.79 Å². The molecular formula is C24H21N3O4. The number of hydrogen-bond acceptors (Lipinski definition) is 7. The average Bonchev–Trinajstić information content (AvgIpc) is 2.81. The van der Waals surface area contributed by atoms with Crippen molar-refractivity contribution in [3.8, 4) is 23.3 Å². The number of carbonyl (C=O) groups excluding carboxylic acids is 1. The Kier molecular flexibility index (Phi) is 6.20. The third kappa shape index (κ3) is 4.87. The number of rotatable bonds is 2. The summed E-state index contributed by atoms with van der Waals surface area (Å²) in [5.74, 6) is 0.683. The monoisotopic (exact) mass is 415 g/mol. The Hall–Kier alpha value is -3.76. The zero-order valence-corrected chi connectivity index (χ0v) is 17.1. The first-order chi connectivity index (χ1) is 15.2. The second-order valence-electron chi connectivity index (χ2n) is 7.14. The van der Waals surface area contributed by atoms with Gasteiger partial charge >= 0.3 is 5.97 Å². The number of carbonyl (C=O) groups is 1. The summed E-state index contributed by atoms with van der Waals surface area (Å²) in [7, 11) is 1.37. The third-order valence-corrected chi connectivity index (χ3v) is 5.14. The summed E-state index contributed by atoms with van der Waals surface area (Å²) in [4.78, 5) is 20.7. The molecule has 0 atom stereocenters. The zero-order valence-electron chi connectivity index (χ0n) is 17.1. The fourth-order valence-corrected chi connectivity index (χ4v) is 3.45. The molecule has 4 rings (SSSR count). The van der Waals surface area contributed by atoms with Crippen LogP contribution in [0, 0.1) is 11.3 Å². The number of aromatic nitrogens is 2. The molecular weight excluding hydrogens is 394 g/mol. The molecule has 0 amide bonds. The molecule has 0 radical (unpaired) electrons. The van der Waals surface area contributed by atoms with E-state index in [2.05, 4.69) is 16.0 Å². The molecule has 1 aliphatic rings. The molecule has 2 aromatic carbocycles. The van der Waals surface area contributed by atoms with Gasteiger partial charge in [0.15, 0.2) is 5.82 Å². The van der Waals surface area contributed by atoms with E-state index in [9.17, 15) is 10.1 Å². The molecule has 156 valence electrons. The predicted octanol–water partition coefficient (Wildman–Crippen LogP) is 3.38. The minimum Gasteiger partial charge on any atom is -0.473 e. The number of nitriles is 1. The Morgan fingerprint density at radius 1 is 1.13 bits per heavy atom. The standard InChI is InChI=1S/C24H21N3O4/c1-29-23(28)12-17-4-5-19-11-21(17)14-30-9-7-18-10-16(13-25)2-3-20(18)15-31-22-6-8-26-24(19)27-22/h2-6,8,10-11H,7,9,12,14-15H2,1H3. The van der Waals surface area contributed by atoms with Crippen LogP contribution in [0.4, 0.5) is 0 Å². The Morgan fingerprint density at radius 3 is 2.87 bits per heavy atom. The van der Waals surface area contributed by atoms with E-state index in [0.717, 1.165) is 27.8 Å². The van der Waals surface area contributed by atoms with Crippen LogP contribution in [0.5, 0.6) is 5.88 Å². The third-order valence-electron chi connectivity index (χ3n) is 5.14. The molecule has 0 saturated heterocycles. The molecule has 2 heterocycles. The van der Waals surface area contributed by atoms with Crippen LogP contribution in [0.15, 0.2) is 48.7 Å². The maximum Gasteiger partial charge on any atom is 0.309 e. The molecule has 4 bridgehead atoms. The van der Waals surface area contributed by atoms with Crippen molar-refractivity contribution in [2.75, 3.05) is 13.7 Å². The molecule has 0 saturated carbocycles. The number of benzene rings is 2. The first-order valence-corrected chi connectivity index (χ1v) is 9.91. The van der Waals surface area contributed by atoms with E-state index >= 15 is 0 Å². The molecule has 3 aromatic rings. The van der Waals surface area contributed by atoms with E-state index in [1.165, 1.54) is 7.11 Å². The van der Waals surface area contributed by atoms with Crippen molar-refractivity contribution < 1.29 is 19.0 Å². The van der Waals surface area contributed by atoms with Crippen molar-refractivity contribution in [2.24, 2.45) is 0 Å². The molecule has 0 N–H and O–H groups in total. The van der Waals surface area contributed by atoms with E-state index in [-0.39, 0.29) is 12.4 Å². The molecule has 0 fully saturated rings. The van der Waals surface area contributed by atoms with Crippen LogP contribution in [0.2, 0.25) is 0 Å². The minimum atomic E-state index is -0.312. The lowest BCUT2D eigenvalue weighted by Crippen LogP contribution is -2.10. The summed E-state index contributed by atoms with van der Waals surface area (Å²) < 4.78 is 16.7. The first-order valence-electron chi connectivity index (χ1n) is 9.91. The van der Waals surface area contributed by atoms with Crippen LogP contribution >= 0.6 is 0 Å². The van der Waals surface area contributed by atoms with E-state index < -0.39 is 0 Å². The highest BCUT2D eigenvalue weighted by molar-refractivity contribution is 5.73. The first kappa shape index (κ1) is 20.5. The smallest absolute Gasteiger partial charge is 0.309 e. The van der Waals surface area contributed by atoms with E-state index in [4.69, 9.17) is 14.2 Å². The lowest BCUT2D eigenvalue weighted by Gasteiger charge is -2.15. The zero-order chi connectivity index (χ0) is 21.6. The van der Waals surface area contributed by atoms with E-state index in [0.29, 0.717) is 43.5 Å². The lowest BCUT2D eigenvalue weighted by atomic mass is 10.0. The van der Waals surface area contributed by atoms with Crippen LogP contribution in [-0.4, -0.2) is 29.7 Å². The molecule has 7 nitrogen and oxygen atoms in total. The molecule has 0 spiro atoms. The number of hydrogen-bond donors (Lipinski definition) is 0. The number of fused-ring (bicyclic) bond motifs is 6. The van der Waals surface area contributed by atoms with Crippen LogP contribution < -0.4 is 4.74 Å². The van der Waals surface area contributed by atoms with Crippen molar-refractivity contribution in [3.05, 3.63) is 76.5 Å². The largest absolute Gasteiger partial charge is 0.473 e. The van der Waals surface area contributed by atoms with E-state index in [1.807, 2.05) is 30.3 Å². The summed E-state index contributed by atoms with van der Waals surface area (Å²) in [6.07, 6.45) is 2.45. The fraction of sp³-hybridized carbons (Fsp3) is 0.250. The molecule has 1 aliphatic heterocycles. The Bertz CT molecular complexity index is 1150. The van der Waals surface area contributed by atoms with Crippen molar-refractivity contribution in [1.29, 1.82) is 5.26 Å². The highest BCUT2D eigenvalue weighted by Gasteiger charge is 2.14. The van der Waals surface area contributed by atoms with Gasteiger partial charge in [0, 0.05) is 17.8 Å². The lowest BCUT2D eigenvalue weighted by molar-refractivity contribution is -0.139. The second-order valence-corrected chi connectivity index (χ2v) is 7.14. The molecule has 0 unspecified atom stereocenters. The number of nitrogens with zero attached hydrogens (tertiary/aromatic N) is 3. The van der Waals surface area contributed by atoms with Gasteiger partial charge in [-0.05, 0) is 46.9 Å². The Morgan fingerprint density at radius 2 is 2.03 bits per heavy atom. The van der Waals surface area contributed by atoms with Gasteiger partial charge in [0.05, 0.1) is 38.4 Å². The Labute approximate surface area is 180 Å². The molecule has 7 heteroatoms. The van der Waals surface area contributed by atoms with Gasteiger partial charge in [-0.15, -0.1) is 0 Å². The second kappa shape index (κ2) is 9.37. The number of methoxy groups -OCH3 is 1. The van der Waals surface area contributed by atoms with Crippen LogP contribution in [0.3, 0.4) is 0 Å². The summed E-state index contributed by atoms with van der Waals surface area (Å²) in [5.41, 5.74) is 5.09. The van der Waals surface area contributed by atoms with Gasteiger partial charge in [-0.2, -0.15) is 10.2 Å². The van der Waals surface area contributed by atoms with Crippen molar-refractivity contribution >= 4 is 5.97 Å². The van der Waals surface area contributed by atoms with Gasteiger partial charge in [0.25, 0.3) is 0 Å². The minimum absolute atomic E-state index is 0.161. The average molecular weight is 415 g/mol. The highest BCUT2D eigenvalue weighted by atomic mass is 16.5. The quantitative estimate of drug-likeness (QED) is 0.592. The molecule has 0 aliphatic carbocycles. The van der Waals surface area contributed by atoms with Crippen LogP contribution in [0.1, 0.15) is 27.8 Å². The van der Waals surface area contributed by atoms with Crippen molar-refractivity contribution in [3.63, 3.8) is 0 Å².